The van der Waals surface area contributed by atoms with E-state index in [0.29, 0.717) is 11.3 Å². The van der Waals surface area contributed by atoms with Gasteiger partial charge in [-0.05, 0) is 34.4 Å². The lowest BCUT2D eigenvalue weighted by atomic mass is 9.90. The third-order valence-corrected chi connectivity index (χ3v) is 10.3. The lowest BCUT2D eigenvalue weighted by Gasteiger charge is -2.44. The smallest absolute Gasteiger partial charge is 0.408 e. The first kappa shape index (κ1) is 36.4. The lowest BCUT2D eigenvalue weighted by Crippen LogP contribution is -2.51. The third kappa shape index (κ3) is 8.84. The molecule has 7 rings (SSSR count). The van der Waals surface area contributed by atoms with Crippen LogP contribution in [0.3, 0.4) is 0 Å². The molecule has 53 heavy (non-hydrogen) atoms. The molecule has 3 aliphatic heterocycles. The molecule has 276 valence electrons. The van der Waals surface area contributed by atoms with Crippen molar-refractivity contribution in [2.24, 2.45) is 5.92 Å². The van der Waals surface area contributed by atoms with Crippen LogP contribution in [0.4, 0.5) is 10.5 Å². The van der Waals surface area contributed by atoms with Crippen LogP contribution in [0.15, 0.2) is 109 Å². The van der Waals surface area contributed by atoms with Gasteiger partial charge in [0.25, 0.3) is 5.91 Å². The number of amides is 3. The van der Waals surface area contributed by atoms with Gasteiger partial charge in [0.2, 0.25) is 5.91 Å². The Morgan fingerprint density at radius 2 is 1.47 bits per heavy atom. The number of aliphatic hydroxyl groups is 1. The van der Waals surface area contributed by atoms with Crippen molar-refractivity contribution in [1.82, 2.24) is 15.1 Å². The van der Waals surface area contributed by atoms with Crippen LogP contribution in [0.5, 0.6) is 0 Å². The average Bonchev–Trinajstić information content (AvgIpc) is 3.47. The van der Waals surface area contributed by atoms with Gasteiger partial charge in [0.15, 0.2) is 6.29 Å². The molecule has 0 spiro atoms. The van der Waals surface area contributed by atoms with Crippen LogP contribution in [0.25, 0.3) is 0 Å². The van der Waals surface area contributed by atoms with Crippen molar-refractivity contribution < 1.29 is 33.7 Å². The predicted octanol–water partition coefficient (Wildman–Crippen LogP) is 5.35. The molecule has 0 aromatic heterocycles. The van der Waals surface area contributed by atoms with Gasteiger partial charge in [-0.15, -0.1) is 0 Å². The predicted molar refractivity (Wildman–Crippen MR) is 198 cm³/mol. The van der Waals surface area contributed by atoms with Crippen molar-refractivity contribution in [2.45, 2.75) is 57.6 Å². The molecule has 3 aliphatic rings. The molecule has 0 bridgehead atoms. The van der Waals surface area contributed by atoms with Crippen LogP contribution in [-0.4, -0.2) is 77.7 Å². The number of piperazine rings is 1. The maximum absolute atomic E-state index is 13.5. The van der Waals surface area contributed by atoms with Crippen molar-refractivity contribution >= 4 is 23.6 Å². The van der Waals surface area contributed by atoms with Crippen molar-refractivity contribution in [1.29, 1.82) is 0 Å². The number of aliphatic hydroxyl groups excluding tert-OH is 1. The van der Waals surface area contributed by atoms with Crippen molar-refractivity contribution in [3.05, 3.63) is 137 Å². The van der Waals surface area contributed by atoms with Crippen LogP contribution in [0, 0.1) is 5.92 Å². The Hall–Kier alpha value is -4.91. The molecule has 11 nitrogen and oxygen atoms in total. The Morgan fingerprint density at radius 1 is 0.792 bits per heavy atom. The van der Waals surface area contributed by atoms with E-state index in [2.05, 4.69) is 46.3 Å². The second kappa shape index (κ2) is 16.8. The number of carbonyl (C=O) groups is 3. The van der Waals surface area contributed by atoms with Crippen molar-refractivity contribution in [2.75, 3.05) is 37.6 Å². The summed E-state index contributed by atoms with van der Waals surface area (Å²) in [5.74, 6) is -0.952. The maximum atomic E-state index is 13.5. The fourth-order valence-corrected chi connectivity index (χ4v) is 7.29. The molecule has 4 aromatic carbocycles. The molecule has 3 heterocycles. The number of carbonyl (C=O) groups excluding carboxylic acids is 3. The van der Waals surface area contributed by atoms with E-state index in [1.165, 1.54) is 5.56 Å². The highest BCUT2D eigenvalue weighted by Crippen LogP contribution is 2.42. The number of imide groups is 1. The Balaban J connectivity index is 1.04. The normalized spacial score (nSPS) is 24.0. The van der Waals surface area contributed by atoms with Gasteiger partial charge in [-0.25, -0.2) is 9.69 Å². The van der Waals surface area contributed by atoms with Crippen LogP contribution in [0.1, 0.15) is 53.6 Å². The SMILES string of the molecule is C[C@H]1[C@@H](CN2CCN(Cc3ccccc3)CC2)O[C@@H](c2cccc(N3C(=O)CC(NC(=O)OCc4ccccc4)C3=O)c2)O[C@H]1c1ccc(CO)cc1. The van der Waals surface area contributed by atoms with E-state index in [9.17, 15) is 19.5 Å². The third-order valence-electron chi connectivity index (χ3n) is 10.3. The second-order valence-electron chi connectivity index (χ2n) is 14.0. The summed E-state index contributed by atoms with van der Waals surface area (Å²) in [6.45, 7) is 7.57. The van der Waals surface area contributed by atoms with Crippen molar-refractivity contribution in [3.8, 4) is 0 Å². The molecule has 1 unspecified atom stereocenters. The minimum atomic E-state index is -1.04. The van der Waals surface area contributed by atoms with E-state index >= 15 is 0 Å². The molecule has 3 amide bonds. The van der Waals surface area contributed by atoms with Gasteiger partial charge in [-0.2, -0.15) is 0 Å². The Labute approximate surface area is 310 Å². The monoisotopic (exact) mass is 718 g/mol. The molecule has 0 radical (unpaired) electrons. The summed E-state index contributed by atoms with van der Waals surface area (Å²) in [6.07, 6.45) is -2.20. The summed E-state index contributed by atoms with van der Waals surface area (Å²) >= 11 is 0. The first-order chi connectivity index (χ1) is 25.8. The van der Waals surface area contributed by atoms with Gasteiger partial charge < -0.3 is 24.6 Å². The van der Waals surface area contributed by atoms with Gasteiger partial charge in [0.05, 0.1) is 30.9 Å². The van der Waals surface area contributed by atoms with E-state index in [1.807, 2.05) is 66.7 Å². The minimum Gasteiger partial charge on any atom is -0.445 e. The molecule has 3 fully saturated rings. The fraction of sp³-hybridized carbons (Fsp3) is 0.357. The van der Waals surface area contributed by atoms with E-state index in [1.54, 1.807) is 18.2 Å². The largest absolute Gasteiger partial charge is 0.445 e. The molecule has 3 saturated heterocycles. The number of anilines is 1. The number of hydrogen-bond acceptors (Lipinski definition) is 9. The van der Waals surface area contributed by atoms with Crippen LogP contribution >= 0.6 is 0 Å². The lowest BCUT2D eigenvalue weighted by molar-refractivity contribution is -0.276. The molecule has 0 aliphatic carbocycles. The molecular formula is C42H46N4O7. The quantitative estimate of drug-likeness (QED) is 0.198. The van der Waals surface area contributed by atoms with E-state index in [0.717, 1.165) is 60.9 Å². The van der Waals surface area contributed by atoms with E-state index in [4.69, 9.17) is 14.2 Å². The number of alkyl carbamates (subject to hydrolysis) is 1. The minimum absolute atomic E-state index is 0.00646. The maximum Gasteiger partial charge on any atom is 0.408 e. The topological polar surface area (TPSA) is 121 Å². The molecule has 5 atom stereocenters. The van der Waals surface area contributed by atoms with Crippen LogP contribution in [-0.2, 0) is 43.6 Å². The second-order valence-corrected chi connectivity index (χ2v) is 14.0. The molecule has 0 saturated carbocycles. The van der Waals surface area contributed by atoms with Crippen LogP contribution < -0.4 is 10.2 Å². The molecule has 4 aromatic rings. The number of ether oxygens (including phenoxy) is 3. The Bertz CT molecular complexity index is 1850. The zero-order valence-electron chi connectivity index (χ0n) is 29.9. The summed E-state index contributed by atoms with van der Waals surface area (Å²) in [6, 6.07) is 33.6. The van der Waals surface area contributed by atoms with Gasteiger partial charge >= 0.3 is 6.09 Å². The summed E-state index contributed by atoms with van der Waals surface area (Å²) < 4.78 is 18.7. The summed E-state index contributed by atoms with van der Waals surface area (Å²) in [5.41, 5.74) is 4.97. The molecular weight excluding hydrogens is 672 g/mol. The van der Waals surface area contributed by atoms with Gasteiger partial charge in [0.1, 0.15) is 12.6 Å². The van der Waals surface area contributed by atoms with Gasteiger partial charge in [-0.3, -0.25) is 19.4 Å². The first-order valence-electron chi connectivity index (χ1n) is 18.3. The number of benzene rings is 4. The average molecular weight is 719 g/mol. The number of hydrogen-bond donors (Lipinski definition) is 2. The van der Waals surface area contributed by atoms with E-state index in [-0.39, 0.29) is 37.8 Å². The Kier molecular flexibility index (Phi) is 11.6. The highest BCUT2D eigenvalue weighted by molar-refractivity contribution is 6.22. The Morgan fingerprint density at radius 3 is 2.17 bits per heavy atom. The zero-order valence-corrected chi connectivity index (χ0v) is 29.9. The highest BCUT2D eigenvalue weighted by atomic mass is 16.7. The van der Waals surface area contributed by atoms with E-state index < -0.39 is 30.2 Å². The number of nitrogens with zero attached hydrogens (tertiary/aromatic N) is 3. The summed E-state index contributed by atoms with van der Waals surface area (Å²) in [5, 5.41) is 12.2. The zero-order chi connectivity index (χ0) is 36.7. The standard InChI is InChI=1S/C42H46N4O7/c1-29-37(26-45-21-19-44(20-22-45)25-30-9-4-2-5-10-30)52-41(53-39(29)33-17-15-31(27-47)16-18-33)34-13-8-14-35(23-34)46-38(48)24-36(40(46)49)43-42(50)51-28-32-11-6-3-7-12-32/h2-18,23,29,36-37,39,41,47H,19-22,24-28H2,1H3,(H,43,50)/t29-,36?,37+,39+,41+/m0/s1. The molecule has 11 heteroatoms. The highest BCUT2D eigenvalue weighted by Gasteiger charge is 2.42. The molecule has 2 N–H and O–H groups in total. The van der Waals surface area contributed by atoms with Gasteiger partial charge in [0, 0.05) is 50.7 Å². The fourth-order valence-electron chi connectivity index (χ4n) is 7.29. The van der Waals surface area contributed by atoms with Gasteiger partial charge in [-0.1, -0.05) is 104 Å². The first-order valence-corrected chi connectivity index (χ1v) is 18.3. The van der Waals surface area contributed by atoms with Crippen molar-refractivity contribution in [3.63, 3.8) is 0 Å². The number of rotatable bonds is 11. The summed E-state index contributed by atoms with van der Waals surface area (Å²) in [4.78, 5) is 45.3. The summed E-state index contributed by atoms with van der Waals surface area (Å²) in [7, 11) is 0. The van der Waals surface area contributed by atoms with Crippen LogP contribution in [0.2, 0.25) is 0 Å². The number of nitrogens with one attached hydrogen (secondary N) is 1.